The summed E-state index contributed by atoms with van der Waals surface area (Å²) in [5.74, 6) is -0.629. The van der Waals surface area contributed by atoms with Crippen molar-refractivity contribution in [3.8, 4) is 0 Å². The molecule has 0 spiro atoms. The molecule has 0 radical (unpaired) electrons. The molecule has 5 nitrogen and oxygen atoms in total. The number of hydrogen-bond acceptors (Lipinski definition) is 3. The van der Waals surface area contributed by atoms with Gasteiger partial charge in [-0.1, -0.05) is 30.3 Å². The molecule has 0 N–H and O–H groups in total. The molecule has 0 aromatic heterocycles. The highest BCUT2D eigenvalue weighted by molar-refractivity contribution is 6.35. The third kappa shape index (κ3) is 4.21. The van der Waals surface area contributed by atoms with E-state index in [9.17, 15) is 9.59 Å². The van der Waals surface area contributed by atoms with E-state index in [-0.39, 0.29) is 23.9 Å². The molecule has 2 unspecified atom stereocenters. The van der Waals surface area contributed by atoms with Crippen LogP contribution in [0.2, 0.25) is 0 Å². The molecule has 25 heavy (non-hydrogen) atoms. The van der Waals surface area contributed by atoms with Crippen LogP contribution in [-0.4, -0.2) is 64.8 Å². The predicted octanol–water partition coefficient (Wildman–Crippen LogP) is 2.12. The number of piperazine rings is 1. The van der Waals surface area contributed by atoms with Crippen LogP contribution in [0.5, 0.6) is 0 Å². The first kappa shape index (κ1) is 17.9. The first-order valence-electron chi connectivity index (χ1n) is 9.44. The number of benzene rings is 1. The van der Waals surface area contributed by atoms with Crippen LogP contribution in [0.1, 0.15) is 38.7 Å². The van der Waals surface area contributed by atoms with E-state index in [0.717, 1.165) is 38.9 Å². The summed E-state index contributed by atoms with van der Waals surface area (Å²) >= 11 is 0. The monoisotopic (exact) mass is 343 g/mol. The molecule has 0 saturated carbocycles. The summed E-state index contributed by atoms with van der Waals surface area (Å²) < 4.78 is 0. The molecule has 5 heteroatoms. The van der Waals surface area contributed by atoms with Crippen molar-refractivity contribution in [2.75, 3.05) is 26.2 Å². The summed E-state index contributed by atoms with van der Waals surface area (Å²) in [4.78, 5) is 31.3. The quantitative estimate of drug-likeness (QED) is 0.773. The number of rotatable bonds is 2. The van der Waals surface area contributed by atoms with Crippen molar-refractivity contribution in [3.63, 3.8) is 0 Å². The molecule has 2 amide bonds. The van der Waals surface area contributed by atoms with E-state index < -0.39 is 0 Å². The highest BCUT2D eigenvalue weighted by Gasteiger charge is 2.35. The van der Waals surface area contributed by atoms with Crippen LogP contribution < -0.4 is 0 Å². The number of hydrogen-bond donors (Lipinski definition) is 0. The lowest BCUT2D eigenvalue weighted by atomic mass is 9.97. The average molecular weight is 343 g/mol. The van der Waals surface area contributed by atoms with Crippen molar-refractivity contribution in [2.45, 2.75) is 51.7 Å². The molecule has 136 valence electrons. The summed E-state index contributed by atoms with van der Waals surface area (Å²) in [6, 6.07) is 10.7. The molecule has 2 fully saturated rings. The van der Waals surface area contributed by atoms with E-state index in [4.69, 9.17) is 0 Å². The first-order chi connectivity index (χ1) is 12.1. The second-order valence-electron chi connectivity index (χ2n) is 7.40. The van der Waals surface area contributed by atoms with Gasteiger partial charge >= 0.3 is 11.8 Å². The highest BCUT2D eigenvalue weighted by atomic mass is 16.2. The zero-order valence-electron chi connectivity index (χ0n) is 15.4. The molecule has 2 aliphatic heterocycles. The van der Waals surface area contributed by atoms with Gasteiger partial charge in [0.25, 0.3) is 0 Å². The minimum atomic E-state index is -0.319. The van der Waals surface area contributed by atoms with Gasteiger partial charge in [0.05, 0.1) is 0 Å². The Labute approximate surface area is 150 Å². The fourth-order valence-corrected chi connectivity index (χ4v) is 4.02. The summed E-state index contributed by atoms with van der Waals surface area (Å²) in [6.45, 7) is 7.91. The van der Waals surface area contributed by atoms with Gasteiger partial charge in [-0.2, -0.15) is 0 Å². The van der Waals surface area contributed by atoms with Crippen LogP contribution in [0.3, 0.4) is 0 Å². The van der Waals surface area contributed by atoms with Gasteiger partial charge in [0, 0.05) is 44.8 Å². The third-order valence-electron chi connectivity index (χ3n) is 5.52. The molecule has 0 bridgehead atoms. The number of amides is 2. The maximum atomic E-state index is 12.7. The Morgan fingerprint density at radius 1 is 0.920 bits per heavy atom. The second kappa shape index (κ2) is 8.00. The number of carbonyl (C=O) groups is 2. The minimum Gasteiger partial charge on any atom is -0.332 e. The van der Waals surface area contributed by atoms with Crippen molar-refractivity contribution in [3.05, 3.63) is 35.9 Å². The lowest BCUT2D eigenvalue weighted by molar-refractivity contribution is -0.156. The Kier molecular flexibility index (Phi) is 5.74. The largest absolute Gasteiger partial charge is 0.332 e. The SMILES string of the molecule is CC1CCCC(C)N1C(=O)C(=O)N1CCN(Cc2ccccc2)CC1. The highest BCUT2D eigenvalue weighted by Crippen LogP contribution is 2.23. The molecule has 2 aliphatic rings. The molecule has 2 saturated heterocycles. The maximum Gasteiger partial charge on any atom is 0.312 e. The lowest BCUT2D eigenvalue weighted by Crippen LogP contribution is -2.56. The van der Waals surface area contributed by atoms with E-state index in [1.54, 1.807) is 4.90 Å². The van der Waals surface area contributed by atoms with Crippen LogP contribution >= 0.6 is 0 Å². The van der Waals surface area contributed by atoms with Gasteiger partial charge in [-0.05, 0) is 38.7 Å². The summed E-state index contributed by atoms with van der Waals surface area (Å²) in [5, 5.41) is 0. The summed E-state index contributed by atoms with van der Waals surface area (Å²) in [5.41, 5.74) is 1.29. The average Bonchev–Trinajstić information content (AvgIpc) is 2.62. The summed E-state index contributed by atoms with van der Waals surface area (Å²) in [6.07, 6.45) is 3.13. The topological polar surface area (TPSA) is 43.9 Å². The van der Waals surface area contributed by atoms with Gasteiger partial charge in [-0.15, -0.1) is 0 Å². The Bertz CT molecular complexity index is 586. The molecule has 0 aliphatic carbocycles. The van der Waals surface area contributed by atoms with Crippen LogP contribution in [0.25, 0.3) is 0 Å². The van der Waals surface area contributed by atoms with Gasteiger partial charge in [-0.25, -0.2) is 0 Å². The maximum absolute atomic E-state index is 12.7. The van der Waals surface area contributed by atoms with Crippen molar-refractivity contribution in [2.24, 2.45) is 0 Å². The predicted molar refractivity (Wildman–Crippen MR) is 97.9 cm³/mol. The van der Waals surface area contributed by atoms with Gasteiger partial charge in [0.1, 0.15) is 0 Å². The molecule has 2 heterocycles. The lowest BCUT2D eigenvalue weighted by Gasteiger charge is -2.40. The first-order valence-corrected chi connectivity index (χ1v) is 9.44. The van der Waals surface area contributed by atoms with E-state index in [2.05, 4.69) is 43.0 Å². The molecular formula is C20H29N3O2. The standard InChI is InChI=1S/C20H29N3O2/c1-16-7-6-8-17(2)23(16)20(25)19(24)22-13-11-21(12-14-22)15-18-9-4-3-5-10-18/h3-5,9-10,16-17H,6-8,11-15H2,1-2H3. The van der Waals surface area contributed by atoms with Gasteiger partial charge < -0.3 is 9.80 Å². The van der Waals surface area contributed by atoms with Crippen LogP contribution in [0.15, 0.2) is 30.3 Å². The van der Waals surface area contributed by atoms with Gasteiger partial charge in [0.15, 0.2) is 0 Å². The van der Waals surface area contributed by atoms with Crippen LogP contribution in [-0.2, 0) is 16.1 Å². The van der Waals surface area contributed by atoms with Crippen LogP contribution in [0, 0.1) is 0 Å². The minimum absolute atomic E-state index is 0.166. The van der Waals surface area contributed by atoms with E-state index in [0.29, 0.717) is 13.1 Å². The Morgan fingerprint density at radius 3 is 2.12 bits per heavy atom. The number of piperidine rings is 1. The molecule has 1 aromatic rings. The van der Waals surface area contributed by atoms with Crippen LogP contribution in [0.4, 0.5) is 0 Å². The van der Waals surface area contributed by atoms with Crippen molar-refractivity contribution in [1.29, 1.82) is 0 Å². The Balaban J connectivity index is 1.53. The molecule has 3 rings (SSSR count). The smallest absolute Gasteiger partial charge is 0.312 e. The third-order valence-corrected chi connectivity index (χ3v) is 5.52. The molecule has 2 atom stereocenters. The van der Waals surface area contributed by atoms with Gasteiger partial charge in [0.2, 0.25) is 0 Å². The van der Waals surface area contributed by atoms with Crippen molar-refractivity contribution in [1.82, 2.24) is 14.7 Å². The number of nitrogens with zero attached hydrogens (tertiary/aromatic N) is 3. The van der Waals surface area contributed by atoms with Crippen molar-refractivity contribution >= 4 is 11.8 Å². The summed E-state index contributed by atoms with van der Waals surface area (Å²) in [7, 11) is 0. The normalized spacial score (nSPS) is 25.0. The molecule has 1 aromatic carbocycles. The fourth-order valence-electron chi connectivity index (χ4n) is 4.02. The second-order valence-corrected chi connectivity index (χ2v) is 7.40. The zero-order valence-corrected chi connectivity index (χ0v) is 15.4. The fraction of sp³-hybridized carbons (Fsp3) is 0.600. The van der Waals surface area contributed by atoms with E-state index >= 15 is 0 Å². The molecular weight excluding hydrogens is 314 g/mol. The van der Waals surface area contributed by atoms with Crippen molar-refractivity contribution < 1.29 is 9.59 Å². The Hall–Kier alpha value is -1.88. The number of carbonyl (C=O) groups excluding carboxylic acids is 2. The van der Waals surface area contributed by atoms with E-state index in [1.165, 1.54) is 5.56 Å². The zero-order chi connectivity index (χ0) is 17.8. The van der Waals surface area contributed by atoms with Gasteiger partial charge in [-0.3, -0.25) is 14.5 Å². The number of likely N-dealkylation sites (tertiary alicyclic amines) is 1. The van der Waals surface area contributed by atoms with E-state index in [1.807, 2.05) is 11.0 Å². The Morgan fingerprint density at radius 2 is 1.52 bits per heavy atom.